The maximum absolute atomic E-state index is 13.0. The van der Waals surface area contributed by atoms with Crippen LogP contribution in [0.5, 0.6) is 11.5 Å². The predicted molar refractivity (Wildman–Crippen MR) is 152 cm³/mol. The summed E-state index contributed by atoms with van der Waals surface area (Å²) < 4.78 is 60.2. The molecule has 228 valence electrons. The quantitative estimate of drug-likeness (QED) is 0.0889. The molecule has 4 rings (SSSR count). The van der Waals surface area contributed by atoms with Crippen LogP contribution in [0.4, 0.5) is 27.2 Å². The number of unbranched alkanes of at least 4 members (excludes halogenated alkanes) is 2. The summed E-state index contributed by atoms with van der Waals surface area (Å²) in [5.74, 6) is -4.39. The van der Waals surface area contributed by atoms with Crippen LogP contribution in [-0.2, 0) is 21.7 Å². The minimum absolute atomic E-state index is 0. The standard InChI is InChI=1S/2C11H12F2NO2.2C5H5.Ti/c2*1-2-3-6-14-11(15)16-10-5-4-8(12)7-9(10)13;2*1-2-4-5-3-1;/h2*4-5H,2-3,6H2,1H3,(H,14,15);2*1-5H;/q4*-1;+4. The Morgan fingerprint density at radius 2 is 1.02 bits per heavy atom. The molecule has 0 spiro atoms. The summed E-state index contributed by atoms with van der Waals surface area (Å²) in [5, 5.41) is 4.88. The van der Waals surface area contributed by atoms with E-state index in [1.54, 1.807) is 12.1 Å². The Bertz CT molecular complexity index is 1120. The molecule has 0 aromatic heterocycles. The van der Waals surface area contributed by atoms with E-state index in [1.807, 2.05) is 74.5 Å². The van der Waals surface area contributed by atoms with E-state index in [0.29, 0.717) is 13.1 Å². The first-order chi connectivity index (χ1) is 20.3. The fraction of sp³-hybridized carbons (Fsp3) is 0.250. The third-order valence-electron chi connectivity index (χ3n) is 4.77. The van der Waals surface area contributed by atoms with E-state index < -0.39 is 35.5 Å². The first-order valence-corrected chi connectivity index (χ1v) is 13.3. The van der Waals surface area contributed by atoms with Gasteiger partial charge in [0.25, 0.3) is 0 Å². The number of hydrogen-bond donors (Lipinski definition) is 2. The maximum Gasteiger partial charge on any atom is 4.00 e. The number of carbonyl (C=O) groups excluding carboxylic acids is 2. The van der Waals surface area contributed by atoms with Gasteiger partial charge in [-0.3, -0.25) is 0 Å². The van der Waals surface area contributed by atoms with E-state index in [-0.39, 0.29) is 33.2 Å². The molecular weight excluding hydrogens is 600 g/mol. The number of nitrogens with one attached hydrogen (secondary N) is 2. The average Bonchev–Trinajstić information content (AvgIpc) is 3.73. The number of halogens is 4. The van der Waals surface area contributed by atoms with Crippen LogP contribution < -0.4 is 20.1 Å². The van der Waals surface area contributed by atoms with Crippen molar-refractivity contribution < 1.29 is 58.3 Å². The van der Waals surface area contributed by atoms with Crippen molar-refractivity contribution in [3.63, 3.8) is 0 Å². The summed E-state index contributed by atoms with van der Waals surface area (Å²) in [6.45, 7) is 4.87. The van der Waals surface area contributed by atoms with Crippen LogP contribution in [0.2, 0.25) is 0 Å². The van der Waals surface area contributed by atoms with Crippen molar-refractivity contribution in [2.24, 2.45) is 0 Å². The fourth-order valence-electron chi connectivity index (χ4n) is 2.67. The van der Waals surface area contributed by atoms with Crippen LogP contribution in [0, 0.1) is 35.4 Å². The molecule has 0 aliphatic carbocycles. The topological polar surface area (TPSA) is 76.7 Å². The van der Waals surface area contributed by atoms with Gasteiger partial charge in [-0.15, -0.1) is 36.4 Å². The Morgan fingerprint density at radius 1 is 0.674 bits per heavy atom. The third-order valence-corrected chi connectivity index (χ3v) is 4.77. The number of amides is 2. The monoisotopic (exact) mass is 634 g/mol. The van der Waals surface area contributed by atoms with Gasteiger partial charge in [-0.2, -0.15) is 36.4 Å². The number of ether oxygens (including phenoxy) is 2. The number of benzene rings is 2. The molecule has 4 aromatic rings. The second kappa shape index (κ2) is 24.7. The van der Waals surface area contributed by atoms with Crippen molar-refractivity contribution >= 4 is 12.2 Å². The zero-order valence-electron chi connectivity index (χ0n) is 24.0. The molecule has 2 N–H and O–H groups in total. The Balaban J connectivity index is 0.000000608. The van der Waals surface area contributed by atoms with Gasteiger partial charge in [-0.25, -0.2) is 51.4 Å². The van der Waals surface area contributed by atoms with E-state index in [2.05, 4.69) is 20.1 Å². The number of carbonyl (C=O) groups is 2. The van der Waals surface area contributed by atoms with E-state index in [9.17, 15) is 27.2 Å². The minimum Gasteiger partial charge on any atom is -0.472 e. The minimum atomic E-state index is -1.02. The van der Waals surface area contributed by atoms with E-state index in [0.717, 1.165) is 49.9 Å². The predicted octanol–water partition coefficient (Wildman–Crippen LogP) is 8.12. The van der Waals surface area contributed by atoms with Crippen LogP contribution in [0.1, 0.15) is 39.5 Å². The van der Waals surface area contributed by atoms with Gasteiger partial charge in [0.2, 0.25) is 0 Å². The van der Waals surface area contributed by atoms with Gasteiger partial charge < -0.3 is 20.1 Å². The molecule has 0 fully saturated rings. The van der Waals surface area contributed by atoms with Crippen molar-refractivity contribution in [3.05, 3.63) is 120 Å². The summed E-state index contributed by atoms with van der Waals surface area (Å²) in [6.07, 6.45) is 1.97. The zero-order chi connectivity index (χ0) is 31.0. The largest absolute Gasteiger partial charge is 4.00 e. The Hall–Kier alpha value is -3.89. The van der Waals surface area contributed by atoms with Gasteiger partial charge in [0, 0.05) is 24.7 Å². The van der Waals surface area contributed by atoms with Gasteiger partial charge in [-0.1, -0.05) is 26.7 Å². The normalized spacial score (nSPS) is 9.26. The Morgan fingerprint density at radius 3 is 1.28 bits per heavy atom. The molecule has 0 atom stereocenters. The van der Waals surface area contributed by atoms with Gasteiger partial charge >= 0.3 is 33.9 Å². The van der Waals surface area contributed by atoms with Crippen LogP contribution in [0.15, 0.2) is 84.9 Å². The molecule has 0 aliphatic rings. The van der Waals surface area contributed by atoms with Crippen molar-refractivity contribution in [3.8, 4) is 11.5 Å². The second-order valence-electron chi connectivity index (χ2n) is 8.23. The fourth-order valence-corrected chi connectivity index (χ4v) is 2.67. The smallest absolute Gasteiger partial charge is 0.472 e. The Kier molecular flexibility index (Phi) is 22.5. The first kappa shape index (κ1) is 39.1. The molecule has 4 aromatic carbocycles. The molecule has 0 unspecified atom stereocenters. The van der Waals surface area contributed by atoms with Crippen molar-refractivity contribution in [1.82, 2.24) is 10.6 Å². The molecule has 6 nitrogen and oxygen atoms in total. The van der Waals surface area contributed by atoms with E-state index in [4.69, 9.17) is 0 Å². The number of rotatable bonds is 8. The van der Waals surface area contributed by atoms with Crippen molar-refractivity contribution in [2.45, 2.75) is 39.5 Å². The molecule has 0 aliphatic heterocycles. The molecule has 2 amide bonds. The Labute approximate surface area is 265 Å². The maximum atomic E-state index is 13.0. The van der Waals surface area contributed by atoms with Crippen LogP contribution >= 0.6 is 0 Å². The van der Waals surface area contributed by atoms with Crippen LogP contribution in [-0.4, -0.2) is 25.3 Å². The molecule has 0 bridgehead atoms. The molecule has 43 heavy (non-hydrogen) atoms. The average molecular weight is 634 g/mol. The molecule has 0 heterocycles. The van der Waals surface area contributed by atoms with Gasteiger partial charge in [0.05, 0.1) is 23.1 Å². The molecule has 0 radical (unpaired) electrons. The summed E-state index contributed by atoms with van der Waals surface area (Å²) in [6, 6.07) is 27.6. The zero-order valence-corrected chi connectivity index (χ0v) is 25.5. The van der Waals surface area contributed by atoms with E-state index in [1.165, 1.54) is 0 Å². The SMILES string of the molecule is CCCCNC(=O)Oc1ccc(F)[c-]c1F.CCCCNC(=O)Oc1ccc(F)[c-]c1F.[Ti+4].c1cc[cH-]c1.c1cc[cH-]c1. The molecule has 0 saturated heterocycles. The van der Waals surface area contributed by atoms with Crippen LogP contribution in [0.3, 0.4) is 0 Å². The molecular formula is C32H34F4N2O4Ti. The molecule has 11 heteroatoms. The summed E-state index contributed by atoms with van der Waals surface area (Å²) in [5.41, 5.74) is 0. The van der Waals surface area contributed by atoms with Crippen LogP contribution in [0.25, 0.3) is 0 Å². The second-order valence-corrected chi connectivity index (χ2v) is 8.23. The number of hydrogen-bond acceptors (Lipinski definition) is 4. The van der Waals surface area contributed by atoms with Gasteiger partial charge in [-0.05, 0) is 12.8 Å². The first-order valence-electron chi connectivity index (χ1n) is 13.3. The van der Waals surface area contributed by atoms with Crippen molar-refractivity contribution in [2.75, 3.05) is 13.1 Å². The van der Waals surface area contributed by atoms with Crippen molar-refractivity contribution in [1.29, 1.82) is 0 Å². The summed E-state index contributed by atoms with van der Waals surface area (Å²) >= 11 is 0. The van der Waals surface area contributed by atoms with Gasteiger partial charge in [0.15, 0.2) is 0 Å². The summed E-state index contributed by atoms with van der Waals surface area (Å²) in [7, 11) is 0. The van der Waals surface area contributed by atoms with E-state index >= 15 is 0 Å². The van der Waals surface area contributed by atoms with Gasteiger partial charge in [0.1, 0.15) is 0 Å². The molecule has 0 saturated carbocycles. The summed E-state index contributed by atoms with van der Waals surface area (Å²) in [4.78, 5) is 22.2. The third kappa shape index (κ3) is 19.8.